The van der Waals surface area contributed by atoms with E-state index in [-0.39, 0.29) is 18.0 Å². The summed E-state index contributed by atoms with van der Waals surface area (Å²) in [4.78, 5) is 22.1. The lowest BCUT2D eigenvalue weighted by Gasteiger charge is -2.08. The van der Waals surface area contributed by atoms with E-state index in [0.717, 1.165) is 11.6 Å². The van der Waals surface area contributed by atoms with Crippen LogP contribution in [0.3, 0.4) is 0 Å². The summed E-state index contributed by atoms with van der Waals surface area (Å²) in [6.07, 6.45) is 0.167. The Kier molecular flexibility index (Phi) is 4.73. The third-order valence-corrected chi connectivity index (χ3v) is 2.96. The van der Waals surface area contributed by atoms with Crippen LogP contribution in [-0.4, -0.2) is 24.2 Å². The summed E-state index contributed by atoms with van der Waals surface area (Å²) >= 11 is 0. The van der Waals surface area contributed by atoms with Gasteiger partial charge in [0.05, 0.1) is 19.1 Å². The molecule has 0 heterocycles. The van der Waals surface area contributed by atoms with Gasteiger partial charge in [0.25, 0.3) is 0 Å². The van der Waals surface area contributed by atoms with Gasteiger partial charge in [-0.1, -0.05) is 12.1 Å². The van der Waals surface area contributed by atoms with Crippen molar-refractivity contribution in [2.75, 3.05) is 12.4 Å². The first-order chi connectivity index (χ1) is 10.5. The third-order valence-electron chi connectivity index (χ3n) is 2.96. The van der Waals surface area contributed by atoms with Crippen molar-refractivity contribution in [1.29, 1.82) is 0 Å². The largest absolute Gasteiger partial charge is 0.478 e. The number of carbonyl (C=O) groups is 2. The van der Waals surface area contributed by atoms with Crippen molar-refractivity contribution in [2.45, 2.75) is 6.42 Å². The Bertz CT molecular complexity index is 698. The summed E-state index contributed by atoms with van der Waals surface area (Å²) in [5.41, 5.74) is 1.63. The fraction of sp³-hybridized carbons (Fsp3) is 0.125. The van der Waals surface area contributed by atoms with Crippen LogP contribution < -0.4 is 5.32 Å². The van der Waals surface area contributed by atoms with Crippen LogP contribution in [-0.2, 0) is 16.0 Å². The Morgan fingerprint density at radius 2 is 1.82 bits per heavy atom. The first-order valence-corrected chi connectivity index (χ1v) is 6.44. The van der Waals surface area contributed by atoms with Crippen molar-refractivity contribution in [3.8, 4) is 0 Å². The van der Waals surface area contributed by atoms with E-state index < -0.39 is 11.8 Å². The quantitative estimate of drug-likeness (QED) is 0.831. The summed E-state index contributed by atoms with van der Waals surface area (Å²) < 4.78 is 18.0. The van der Waals surface area contributed by atoms with Crippen LogP contribution in [0.2, 0.25) is 0 Å². The summed E-state index contributed by atoms with van der Waals surface area (Å²) in [6.45, 7) is 0. The molecule has 0 aromatic heterocycles. The topological polar surface area (TPSA) is 75.6 Å². The lowest BCUT2D eigenvalue weighted by Crippen LogP contribution is -2.04. The first-order valence-electron chi connectivity index (χ1n) is 6.44. The highest BCUT2D eigenvalue weighted by molar-refractivity contribution is 5.89. The zero-order chi connectivity index (χ0) is 16.1. The fourth-order valence-corrected chi connectivity index (χ4v) is 1.90. The van der Waals surface area contributed by atoms with Gasteiger partial charge in [0.15, 0.2) is 0 Å². The molecule has 0 bridgehead atoms. The molecule has 0 saturated heterocycles. The van der Waals surface area contributed by atoms with E-state index in [1.165, 1.54) is 19.2 Å². The zero-order valence-corrected chi connectivity index (χ0v) is 11.8. The van der Waals surface area contributed by atoms with Gasteiger partial charge in [0.2, 0.25) is 0 Å². The number of nitrogens with one attached hydrogen (secondary N) is 1. The number of benzene rings is 2. The zero-order valence-electron chi connectivity index (χ0n) is 11.8. The molecule has 0 fully saturated rings. The van der Waals surface area contributed by atoms with E-state index in [9.17, 15) is 14.0 Å². The molecule has 0 radical (unpaired) electrons. The van der Waals surface area contributed by atoms with Crippen molar-refractivity contribution in [3.63, 3.8) is 0 Å². The Morgan fingerprint density at radius 3 is 2.41 bits per heavy atom. The van der Waals surface area contributed by atoms with Gasteiger partial charge in [-0.2, -0.15) is 0 Å². The molecule has 6 heteroatoms. The molecule has 22 heavy (non-hydrogen) atoms. The van der Waals surface area contributed by atoms with Crippen molar-refractivity contribution in [2.24, 2.45) is 0 Å². The molecule has 0 saturated carbocycles. The number of esters is 1. The second kappa shape index (κ2) is 6.71. The minimum Gasteiger partial charge on any atom is -0.478 e. The second-order valence-corrected chi connectivity index (χ2v) is 4.61. The molecule has 0 atom stereocenters. The smallest absolute Gasteiger partial charge is 0.335 e. The molecular weight excluding hydrogens is 289 g/mol. The number of anilines is 2. The van der Waals surface area contributed by atoms with Gasteiger partial charge in [-0.25, -0.2) is 9.18 Å². The number of halogens is 1. The van der Waals surface area contributed by atoms with Crippen LogP contribution in [0.25, 0.3) is 0 Å². The summed E-state index contributed by atoms with van der Waals surface area (Å²) in [5.74, 6) is -2.17. The summed E-state index contributed by atoms with van der Waals surface area (Å²) in [6, 6.07) is 10.4. The standard InChI is InChI=1S/C16H14FNO4/c1-22-15(19)6-10-2-4-13(5-3-10)18-14-8-11(16(20)21)7-12(17)9-14/h2-5,7-9,18H,6H2,1H3,(H,20,21). The average Bonchev–Trinajstić information content (AvgIpc) is 2.48. The average molecular weight is 303 g/mol. The van der Waals surface area contributed by atoms with Gasteiger partial charge < -0.3 is 15.2 Å². The number of aromatic carboxylic acids is 1. The molecule has 0 aliphatic carbocycles. The molecule has 0 amide bonds. The number of ether oxygens (including phenoxy) is 1. The molecule has 114 valence electrons. The van der Waals surface area contributed by atoms with Crippen LogP contribution in [0.5, 0.6) is 0 Å². The molecular formula is C16H14FNO4. The SMILES string of the molecule is COC(=O)Cc1ccc(Nc2cc(F)cc(C(=O)O)c2)cc1. The van der Waals surface area contributed by atoms with Gasteiger partial charge in [-0.15, -0.1) is 0 Å². The van der Waals surface area contributed by atoms with Crippen LogP contribution in [0.1, 0.15) is 15.9 Å². The Hall–Kier alpha value is -2.89. The van der Waals surface area contributed by atoms with Crippen molar-refractivity contribution in [1.82, 2.24) is 0 Å². The second-order valence-electron chi connectivity index (χ2n) is 4.61. The minimum atomic E-state index is -1.20. The number of carboxylic acid groups (broad SMARTS) is 1. The van der Waals surface area contributed by atoms with Crippen LogP contribution >= 0.6 is 0 Å². The maximum atomic E-state index is 13.4. The molecule has 0 aliphatic heterocycles. The number of rotatable bonds is 5. The van der Waals surface area contributed by atoms with E-state index in [2.05, 4.69) is 10.1 Å². The highest BCUT2D eigenvalue weighted by atomic mass is 19.1. The van der Waals surface area contributed by atoms with Crippen LogP contribution in [0.4, 0.5) is 15.8 Å². The van der Waals surface area contributed by atoms with Gasteiger partial charge in [-0.3, -0.25) is 4.79 Å². The van der Waals surface area contributed by atoms with Crippen molar-refractivity contribution < 1.29 is 23.8 Å². The van der Waals surface area contributed by atoms with Gasteiger partial charge in [0.1, 0.15) is 5.82 Å². The highest BCUT2D eigenvalue weighted by Crippen LogP contribution is 2.20. The first kappa shape index (κ1) is 15.5. The number of hydrogen-bond acceptors (Lipinski definition) is 4. The van der Waals surface area contributed by atoms with E-state index in [0.29, 0.717) is 11.4 Å². The van der Waals surface area contributed by atoms with Crippen LogP contribution in [0.15, 0.2) is 42.5 Å². The van der Waals surface area contributed by atoms with Crippen LogP contribution in [0, 0.1) is 5.82 Å². The van der Waals surface area contributed by atoms with Crippen molar-refractivity contribution in [3.05, 3.63) is 59.4 Å². The molecule has 0 aliphatic rings. The monoisotopic (exact) mass is 303 g/mol. The maximum Gasteiger partial charge on any atom is 0.335 e. The lowest BCUT2D eigenvalue weighted by atomic mass is 10.1. The van der Waals surface area contributed by atoms with E-state index in [4.69, 9.17) is 5.11 Å². The summed E-state index contributed by atoms with van der Waals surface area (Å²) in [5, 5.41) is 11.8. The van der Waals surface area contributed by atoms with E-state index >= 15 is 0 Å². The van der Waals surface area contributed by atoms with Gasteiger partial charge in [0, 0.05) is 11.4 Å². The fourth-order valence-electron chi connectivity index (χ4n) is 1.90. The Labute approximate surface area is 126 Å². The highest BCUT2D eigenvalue weighted by Gasteiger charge is 2.08. The predicted molar refractivity (Wildman–Crippen MR) is 78.8 cm³/mol. The molecule has 0 spiro atoms. The molecule has 2 aromatic rings. The third kappa shape index (κ3) is 4.05. The van der Waals surface area contributed by atoms with Crippen molar-refractivity contribution >= 4 is 23.3 Å². The summed E-state index contributed by atoms with van der Waals surface area (Å²) in [7, 11) is 1.32. The Balaban J connectivity index is 2.14. The number of carboxylic acids is 1. The molecule has 0 unspecified atom stereocenters. The number of hydrogen-bond donors (Lipinski definition) is 2. The van der Waals surface area contributed by atoms with Gasteiger partial charge in [-0.05, 0) is 35.9 Å². The van der Waals surface area contributed by atoms with E-state index in [1.807, 2.05) is 0 Å². The molecule has 5 nitrogen and oxygen atoms in total. The minimum absolute atomic E-state index is 0.134. The lowest BCUT2D eigenvalue weighted by molar-refractivity contribution is -0.139. The molecule has 2 aromatic carbocycles. The maximum absolute atomic E-state index is 13.4. The number of carbonyl (C=O) groups excluding carboxylic acids is 1. The normalized spacial score (nSPS) is 10.1. The predicted octanol–water partition coefficient (Wildman–Crippen LogP) is 2.98. The molecule has 2 N–H and O–H groups in total. The molecule has 2 rings (SSSR count). The Morgan fingerprint density at radius 1 is 1.14 bits per heavy atom. The number of methoxy groups -OCH3 is 1. The van der Waals surface area contributed by atoms with Gasteiger partial charge >= 0.3 is 11.9 Å². The van der Waals surface area contributed by atoms with E-state index in [1.54, 1.807) is 24.3 Å².